The molecule has 0 bridgehead atoms. The molecule has 2 N–H and O–H groups in total. The molecule has 152 valence electrons. The summed E-state index contributed by atoms with van der Waals surface area (Å²) in [6, 6.07) is 0. The number of hydrogen-bond acceptors (Lipinski definition) is 5. The second kappa shape index (κ2) is 13.3. The summed E-state index contributed by atoms with van der Waals surface area (Å²) >= 11 is 0. The molecule has 0 saturated carbocycles. The maximum atomic E-state index is 11.6. The van der Waals surface area contributed by atoms with Crippen LogP contribution in [0.2, 0.25) is 0 Å². The van der Waals surface area contributed by atoms with Crippen molar-refractivity contribution in [2.45, 2.75) is 40.2 Å². The van der Waals surface area contributed by atoms with Crippen molar-refractivity contribution < 1.29 is 8.42 Å². The van der Waals surface area contributed by atoms with E-state index in [4.69, 9.17) is 0 Å². The van der Waals surface area contributed by atoms with Crippen molar-refractivity contribution in [3.8, 4) is 0 Å². The maximum absolute atomic E-state index is 11.6. The minimum Gasteiger partial charge on any atom is -0.357 e. The minimum atomic E-state index is -3.13. The number of aryl methyl sites for hydroxylation is 1. The van der Waals surface area contributed by atoms with E-state index < -0.39 is 10.0 Å². The van der Waals surface area contributed by atoms with Gasteiger partial charge in [-0.05, 0) is 13.3 Å². The standard InChI is InChI=1S/C15H31N7O2S.HI/c1-5-14-20-19-13-21(14)12-10-18-15(16-6-2)17-9-8-11-22(7-3)25(4,23)24;/h13H,5-12H2,1-4H3,(H2,16,17,18);1H. The Labute approximate surface area is 174 Å². The Morgan fingerprint density at radius 2 is 2.04 bits per heavy atom. The minimum absolute atomic E-state index is 0. The van der Waals surface area contributed by atoms with Crippen molar-refractivity contribution in [2.24, 2.45) is 4.99 Å². The summed E-state index contributed by atoms with van der Waals surface area (Å²) in [5.41, 5.74) is 0. The Bertz CT molecular complexity index is 634. The quantitative estimate of drug-likeness (QED) is 0.200. The molecule has 0 unspecified atom stereocenters. The van der Waals surface area contributed by atoms with E-state index in [1.54, 1.807) is 6.33 Å². The predicted molar refractivity (Wildman–Crippen MR) is 116 cm³/mol. The fraction of sp³-hybridized carbons (Fsp3) is 0.800. The highest BCUT2D eigenvalue weighted by Crippen LogP contribution is 1.99. The van der Waals surface area contributed by atoms with Crippen LogP contribution in [0.1, 0.15) is 33.0 Å². The van der Waals surface area contributed by atoms with Crippen molar-refractivity contribution in [2.75, 3.05) is 39.0 Å². The van der Waals surface area contributed by atoms with Crippen LogP contribution < -0.4 is 10.6 Å². The first kappa shape index (κ1) is 25.1. The Hall–Kier alpha value is -0.950. The van der Waals surface area contributed by atoms with E-state index in [2.05, 4.69) is 32.7 Å². The van der Waals surface area contributed by atoms with Crippen LogP contribution in [0, 0.1) is 0 Å². The average molecular weight is 501 g/mol. The van der Waals surface area contributed by atoms with Crippen molar-refractivity contribution in [1.29, 1.82) is 0 Å². The van der Waals surface area contributed by atoms with Crippen molar-refractivity contribution >= 4 is 40.0 Å². The normalized spacial score (nSPS) is 12.1. The lowest BCUT2D eigenvalue weighted by atomic mass is 10.4. The van der Waals surface area contributed by atoms with Gasteiger partial charge in [-0.2, -0.15) is 0 Å². The third-order valence-electron chi connectivity index (χ3n) is 3.66. The summed E-state index contributed by atoms with van der Waals surface area (Å²) in [6.07, 6.45) is 4.50. The van der Waals surface area contributed by atoms with Gasteiger partial charge in [0.1, 0.15) is 12.2 Å². The molecule has 0 amide bonds. The van der Waals surface area contributed by atoms with Gasteiger partial charge in [0.2, 0.25) is 10.0 Å². The zero-order valence-corrected chi connectivity index (χ0v) is 19.3. The van der Waals surface area contributed by atoms with Gasteiger partial charge in [-0.25, -0.2) is 12.7 Å². The van der Waals surface area contributed by atoms with E-state index in [1.165, 1.54) is 10.6 Å². The van der Waals surface area contributed by atoms with Crippen LogP contribution in [-0.4, -0.2) is 72.4 Å². The SMILES string of the molecule is CCNC(=NCCCN(CC)S(C)(=O)=O)NCCn1cnnc1CC.I. The van der Waals surface area contributed by atoms with Crippen LogP contribution in [0.3, 0.4) is 0 Å². The third-order valence-corrected chi connectivity index (χ3v) is 5.04. The molecule has 0 spiro atoms. The van der Waals surface area contributed by atoms with Crippen molar-refractivity contribution in [1.82, 2.24) is 29.7 Å². The topological polar surface area (TPSA) is 105 Å². The Balaban J connectivity index is 0.00000625. The Morgan fingerprint density at radius 3 is 2.62 bits per heavy atom. The van der Waals surface area contributed by atoms with Gasteiger partial charge in [0.15, 0.2) is 5.96 Å². The van der Waals surface area contributed by atoms with E-state index in [0.29, 0.717) is 32.6 Å². The molecule has 0 aliphatic heterocycles. The molecular formula is C15H32IN7O2S. The molecule has 1 aromatic rings. The zero-order chi connectivity index (χ0) is 18.7. The number of nitrogens with one attached hydrogen (secondary N) is 2. The van der Waals surface area contributed by atoms with Crippen LogP contribution in [0.4, 0.5) is 0 Å². The molecule has 0 atom stereocenters. The number of nitrogens with zero attached hydrogens (tertiary/aromatic N) is 5. The zero-order valence-electron chi connectivity index (χ0n) is 16.1. The number of hydrogen-bond donors (Lipinski definition) is 2. The van der Waals surface area contributed by atoms with Gasteiger partial charge in [-0.15, -0.1) is 34.2 Å². The number of aromatic nitrogens is 3. The van der Waals surface area contributed by atoms with Gasteiger partial charge < -0.3 is 15.2 Å². The first-order chi connectivity index (χ1) is 11.9. The van der Waals surface area contributed by atoms with Gasteiger partial charge in [0.05, 0.1) is 6.26 Å². The Morgan fingerprint density at radius 1 is 1.31 bits per heavy atom. The van der Waals surface area contributed by atoms with E-state index in [-0.39, 0.29) is 24.0 Å². The second-order valence-corrected chi connectivity index (χ2v) is 7.57. The fourth-order valence-corrected chi connectivity index (χ4v) is 3.30. The summed E-state index contributed by atoms with van der Waals surface area (Å²) < 4.78 is 26.6. The smallest absolute Gasteiger partial charge is 0.211 e. The highest BCUT2D eigenvalue weighted by atomic mass is 127. The molecule has 0 fully saturated rings. The number of aliphatic imine (C=N–C) groups is 1. The number of guanidine groups is 1. The van der Waals surface area contributed by atoms with E-state index >= 15 is 0 Å². The lowest BCUT2D eigenvalue weighted by Crippen LogP contribution is -2.39. The van der Waals surface area contributed by atoms with E-state index in [9.17, 15) is 8.42 Å². The van der Waals surface area contributed by atoms with E-state index in [1.807, 2.05) is 18.4 Å². The summed E-state index contributed by atoms with van der Waals surface area (Å²) in [7, 11) is -3.13. The number of rotatable bonds is 11. The highest BCUT2D eigenvalue weighted by molar-refractivity contribution is 14.0. The fourth-order valence-electron chi connectivity index (χ4n) is 2.37. The number of sulfonamides is 1. The molecule has 9 nitrogen and oxygen atoms in total. The molecule has 0 saturated heterocycles. The summed E-state index contributed by atoms with van der Waals surface area (Å²) in [4.78, 5) is 4.50. The lowest BCUT2D eigenvalue weighted by molar-refractivity contribution is 0.427. The van der Waals surface area contributed by atoms with Crippen LogP contribution >= 0.6 is 24.0 Å². The Kier molecular flexibility index (Phi) is 12.8. The first-order valence-electron chi connectivity index (χ1n) is 8.76. The maximum Gasteiger partial charge on any atom is 0.211 e. The van der Waals surface area contributed by atoms with Crippen LogP contribution in [-0.2, 0) is 23.0 Å². The van der Waals surface area contributed by atoms with Crippen molar-refractivity contribution in [3.05, 3.63) is 12.2 Å². The molecule has 0 radical (unpaired) electrons. The predicted octanol–water partition coefficient (Wildman–Crippen LogP) is 0.685. The second-order valence-electron chi connectivity index (χ2n) is 5.59. The van der Waals surface area contributed by atoms with Gasteiger partial charge in [-0.1, -0.05) is 13.8 Å². The first-order valence-corrected chi connectivity index (χ1v) is 10.6. The largest absolute Gasteiger partial charge is 0.357 e. The highest BCUT2D eigenvalue weighted by Gasteiger charge is 2.13. The molecule has 1 heterocycles. The summed E-state index contributed by atoms with van der Waals surface area (Å²) in [5, 5.41) is 14.4. The molecule has 0 aliphatic carbocycles. The van der Waals surface area contributed by atoms with Crippen LogP contribution in [0.25, 0.3) is 0 Å². The van der Waals surface area contributed by atoms with Crippen molar-refractivity contribution in [3.63, 3.8) is 0 Å². The third kappa shape index (κ3) is 9.12. The molecule has 1 aromatic heterocycles. The average Bonchev–Trinajstić information content (AvgIpc) is 3.01. The van der Waals surface area contributed by atoms with Gasteiger partial charge in [0.25, 0.3) is 0 Å². The molecule has 0 aliphatic rings. The van der Waals surface area contributed by atoms with Crippen LogP contribution in [0.5, 0.6) is 0 Å². The van der Waals surface area contributed by atoms with Gasteiger partial charge in [-0.3, -0.25) is 4.99 Å². The van der Waals surface area contributed by atoms with E-state index in [0.717, 1.165) is 31.3 Å². The van der Waals surface area contributed by atoms with Crippen LogP contribution in [0.15, 0.2) is 11.3 Å². The lowest BCUT2D eigenvalue weighted by Gasteiger charge is -2.17. The molecular weight excluding hydrogens is 469 g/mol. The monoisotopic (exact) mass is 501 g/mol. The molecule has 11 heteroatoms. The number of halogens is 1. The van der Waals surface area contributed by atoms with Gasteiger partial charge >= 0.3 is 0 Å². The molecule has 26 heavy (non-hydrogen) atoms. The summed E-state index contributed by atoms with van der Waals surface area (Å²) in [6.45, 7) is 9.67. The van der Waals surface area contributed by atoms with Gasteiger partial charge in [0, 0.05) is 45.7 Å². The molecule has 1 rings (SSSR count). The summed E-state index contributed by atoms with van der Waals surface area (Å²) in [5.74, 6) is 1.69. The molecule has 0 aromatic carbocycles.